The van der Waals surface area contributed by atoms with Crippen LogP contribution in [0.1, 0.15) is 11.1 Å². The molecule has 1 aliphatic rings. The number of anilines is 3. The van der Waals surface area contributed by atoms with Gasteiger partial charge in [-0.25, -0.2) is 4.98 Å². The lowest BCUT2D eigenvalue weighted by Gasteiger charge is -2.09. The Morgan fingerprint density at radius 3 is 2.70 bits per heavy atom. The van der Waals surface area contributed by atoms with Gasteiger partial charge in [-0.15, -0.1) is 0 Å². The highest BCUT2D eigenvalue weighted by Crippen LogP contribution is 2.35. The van der Waals surface area contributed by atoms with E-state index in [0.29, 0.717) is 18.0 Å². The Morgan fingerprint density at radius 1 is 1.04 bits per heavy atom. The number of nitrogens with zero attached hydrogens (tertiary/aromatic N) is 1. The molecule has 6 heteroatoms. The number of benzene rings is 2. The summed E-state index contributed by atoms with van der Waals surface area (Å²) in [6.45, 7) is 2.26. The molecule has 0 aliphatic carbocycles. The number of aryl methyl sites for hydroxylation is 1. The molecule has 0 radical (unpaired) electrons. The number of pyridine rings is 1. The van der Waals surface area contributed by atoms with Gasteiger partial charge in [-0.3, -0.25) is 4.79 Å². The Balaban J connectivity index is 1.36. The second-order valence-corrected chi connectivity index (χ2v) is 6.34. The first-order valence-electron chi connectivity index (χ1n) is 8.64. The maximum Gasteiger partial charge on any atom is 0.231 e. The van der Waals surface area contributed by atoms with Crippen molar-refractivity contribution in [3.63, 3.8) is 0 Å². The van der Waals surface area contributed by atoms with E-state index in [2.05, 4.69) is 15.6 Å². The maximum atomic E-state index is 12.2. The lowest BCUT2D eigenvalue weighted by molar-refractivity contribution is -0.115. The molecule has 2 heterocycles. The van der Waals surface area contributed by atoms with E-state index in [1.165, 1.54) is 0 Å². The van der Waals surface area contributed by atoms with E-state index in [4.69, 9.17) is 9.47 Å². The van der Waals surface area contributed by atoms with E-state index in [0.717, 1.165) is 28.3 Å². The van der Waals surface area contributed by atoms with Crippen molar-refractivity contribution >= 4 is 23.1 Å². The van der Waals surface area contributed by atoms with Crippen molar-refractivity contribution < 1.29 is 14.3 Å². The summed E-state index contributed by atoms with van der Waals surface area (Å²) < 4.78 is 10.7. The highest BCUT2D eigenvalue weighted by atomic mass is 16.7. The minimum absolute atomic E-state index is 0.0930. The standard InChI is InChI=1S/C21H19N3O3/c1-14-3-2-4-15(9-14)10-21(25)24-20-8-6-17(12-22-20)23-16-5-7-18-19(11-16)27-13-26-18/h2-9,11-12,23H,10,13H2,1H3,(H,22,24,25). The van der Waals surface area contributed by atoms with Gasteiger partial charge in [0.05, 0.1) is 18.3 Å². The normalized spacial score (nSPS) is 11.9. The smallest absolute Gasteiger partial charge is 0.231 e. The van der Waals surface area contributed by atoms with Crippen LogP contribution in [-0.2, 0) is 11.2 Å². The van der Waals surface area contributed by atoms with E-state index in [1.54, 1.807) is 12.3 Å². The van der Waals surface area contributed by atoms with Gasteiger partial charge in [0.1, 0.15) is 5.82 Å². The van der Waals surface area contributed by atoms with Gasteiger partial charge < -0.3 is 20.1 Å². The van der Waals surface area contributed by atoms with Crippen LogP contribution in [-0.4, -0.2) is 17.7 Å². The highest BCUT2D eigenvalue weighted by Gasteiger charge is 2.13. The van der Waals surface area contributed by atoms with Crippen LogP contribution >= 0.6 is 0 Å². The quantitative estimate of drug-likeness (QED) is 0.717. The van der Waals surface area contributed by atoms with Crippen LogP contribution in [0.5, 0.6) is 11.5 Å². The molecule has 0 bridgehead atoms. The topological polar surface area (TPSA) is 72.5 Å². The zero-order chi connectivity index (χ0) is 18.6. The van der Waals surface area contributed by atoms with Crippen LogP contribution in [0, 0.1) is 6.92 Å². The molecule has 0 fully saturated rings. The number of amides is 1. The molecular formula is C21H19N3O3. The van der Waals surface area contributed by atoms with Crippen LogP contribution in [0.2, 0.25) is 0 Å². The molecule has 2 aromatic carbocycles. The van der Waals surface area contributed by atoms with Gasteiger partial charge in [0.2, 0.25) is 12.7 Å². The van der Waals surface area contributed by atoms with Gasteiger partial charge in [0, 0.05) is 11.8 Å². The molecule has 0 unspecified atom stereocenters. The van der Waals surface area contributed by atoms with Crippen molar-refractivity contribution in [2.24, 2.45) is 0 Å². The van der Waals surface area contributed by atoms with Crippen LogP contribution < -0.4 is 20.1 Å². The fourth-order valence-corrected chi connectivity index (χ4v) is 2.88. The van der Waals surface area contributed by atoms with Crippen molar-refractivity contribution in [3.05, 3.63) is 71.9 Å². The molecule has 0 spiro atoms. The number of hydrogen-bond donors (Lipinski definition) is 2. The Bertz CT molecular complexity index is 971. The van der Waals surface area contributed by atoms with Gasteiger partial charge >= 0.3 is 0 Å². The van der Waals surface area contributed by atoms with Crippen molar-refractivity contribution in [1.82, 2.24) is 4.98 Å². The molecule has 0 saturated heterocycles. The fourth-order valence-electron chi connectivity index (χ4n) is 2.88. The van der Waals surface area contributed by atoms with Gasteiger partial charge in [-0.05, 0) is 36.8 Å². The fraction of sp³-hybridized carbons (Fsp3) is 0.143. The number of rotatable bonds is 5. The summed E-state index contributed by atoms with van der Waals surface area (Å²) in [5.74, 6) is 1.88. The van der Waals surface area contributed by atoms with Crippen LogP contribution in [0.15, 0.2) is 60.8 Å². The summed E-state index contributed by atoms with van der Waals surface area (Å²) in [4.78, 5) is 16.5. The highest BCUT2D eigenvalue weighted by molar-refractivity contribution is 5.91. The monoisotopic (exact) mass is 361 g/mol. The maximum absolute atomic E-state index is 12.2. The summed E-state index contributed by atoms with van der Waals surface area (Å²) in [6.07, 6.45) is 1.99. The Hall–Kier alpha value is -3.54. The molecule has 1 aromatic heterocycles. The van der Waals surface area contributed by atoms with Crippen molar-refractivity contribution in [1.29, 1.82) is 0 Å². The third-order valence-electron chi connectivity index (χ3n) is 4.14. The van der Waals surface area contributed by atoms with Gasteiger partial charge in [-0.1, -0.05) is 29.8 Å². The van der Waals surface area contributed by atoms with Gasteiger partial charge in [-0.2, -0.15) is 0 Å². The number of aromatic nitrogens is 1. The molecule has 27 heavy (non-hydrogen) atoms. The first-order chi connectivity index (χ1) is 13.2. The molecule has 0 saturated carbocycles. The molecule has 4 rings (SSSR count). The van der Waals surface area contributed by atoms with Gasteiger partial charge in [0.15, 0.2) is 11.5 Å². The van der Waals surface area contributed by atoms with Crippen LogP contribution in [0.4, 0.5) is 17.2 Å². The van der Waals surface area contributed by atoms with Crippen molar-refractivity contribution in [3.8, 4) is 11.5 Å². The molecule has 1 amide bonds. The molecule has 1 aliphatic heterocycles. The summed E-state index contributed by atoms with van der Waals surface area (Å²) in [7, 11) is 0. The zero-order valence-corrected chi connectivity index (χ0v) is 14.9. The summed E-state index contributed by atoms with van der Waals surface area (Å²) in [5, 5.41) is 6.07. The minimum atomic E-state index is -0.0930. The second-order valence-electron chi connectivity index (χ2n) is 6.34. The van der Waals surface area contributed by atoms with E-state index >= 15 is 0 Å². The number of nitrogens with one attached hydrogen (secondary N) is 2. The molecular weight excluding hydrogens is 342 g/mol. The average molecular weight is 361 g/mol. The van der Waals surface area contributed by atoms with Crippen LogP contribution in [0.25, 0.3) is 0 Å². The Kier molecular flexibility index (Phi) is 4.61. The molecule has 136 valence electrons. The lowest BCUT2D eigenvalue weighted by Crippen LogP contribution is -2.15. The van der Waals surface area contributed by atoms with E-state index < -0.39 is 0 Å². The Morgan fingerprint density at radius 2 is 1.89 bits per heavy atom. The average Bonchev–Trinajstić information content (AvgIpc) is 3.11. The predicted molar refractivity (Wildman–Crippen MR) is 104 cm³/mol. The molecule has 2 N–H and O–H groups in total. The second kappa shape index (κ2) is 7.37. The Labute approximate surface area is 157 Å². The number of ether oxygens (including phenoxy) is 2. The largest absolute Gasteiger partial charge is 0.454 e. The molecule has 3 aromatic rings. The first-order valence-corrected chi connectivity index (χ1v) is 8.64. The summed E-state index contributed by atoms with van der Waals surface area (Å²) in [6, 6.07) is 17.2. The number of carbonyl (C=O) groups is 1. The predicted octanol–water partition coefficient (Wildman–Crippen LogP) is 4.04. The molecule has 6 nitrogen and oxygen atoms in total. The lowest BCUT2D eigenvalue weighted by atomic mass is 10.1. The third-order valence-corrected chi connectivity index (χ3v) is 4.14. The van der Waals surface area contributed by atoms with Crippen molar-refractivity contribution in [2.45, 2.75) is 13.3 Å². The van der Waals surface area contributed by atoms with E-state index in [-0.39, 0.29) is 12.7 Å². The SMILES string of the molecule is Cc1cccc(CC(=O)Nc2ccc(Nc3ccc4c(c3)OCO4)cn2)c1. The van der Waals surface area contributed by atoms with Crippen molar-refractivity contribution in [2.75, 3.05) is 17.4 Å². The van der Waals surface area contributed by atoms with E-state index in [9.17, 15) is 4.79 Å². The number of hydrogen-bond acceptors (Lipinski definition) is 5. The third kappa shape index (κ3) is 4.17. The number of fused-ring (bicyclic) bond motifs is 1. The summed E-state index contributed by atoms with van der Waals surface area (Å²) in [5.41, 5.74) is 3.80. The minimum Gasteiger partial charge on any atom is -0.454 e. The summed E-state index contributed by atoms with van der Waals surface area (Å²) >= 11 is 0. The first kappa shape index (κ1) is 16.9. The zero-order valence-electron chi connectivity index (χ0n) is 14.9. The van der Waals surface area contributed by atoms with Crippen LogP contribution in [0.3, 0.4) is 0 Å². The number of carbonyl (C=O) groups excluding carboxylic acids is 1. The van der Waals surface area contributed by atoms with E-state index in [1.807, 2.05) is 55.5 Å². The van der Waals surface area contributed by atoms with Gasteiger partial charge in [0.25, 0.3) is 0 Å². The molecule has 0 atom stereocenters.